The minimum atomic E-state index is -4.76. The molecule has 3 aromatic carbocycles. The van der Waals surface area contributed by atoms with Gasteiger partial charge in [-0.15, -0.1) is 13.2 Å². The van der Waals surface area contributed by atoms with E-state index in [9.17, 15) is 18.0 Å². The van der Waals surface area contributed by atoms with Gasteiger partial charge in [0.1, 0.15) is 16.9 Å². The highest BCUT2D eigenvalue weighted by Gasteiger charge is 2.31. The molecule has 0 N–H and O–H groups in total. The quantitative estimate of drug-likeness (QED) is 0.137. The van der Waals surface area contributed by atoms with E-state index in [0.717, 1.165) is 11.1 Å². The number of carbonyl (C=O) groups excluding carboxylic acids is 1. The van der Waals surface area contributed by atoms with Crippen LogP contribution in [0.2, 0.25) is 0 Å². The lowest BCUT2D eigenvalue weighted by molar-refractivity contribution is -0.274. The first-order valence-corrected chi connectivity index (χ1v) is 13.5. The summed E-state index contributed by atoms with van der Waals surface area (Å²) in [5.41, 5.74) is 2.43. The molecule has 0 aliphatic rings. The number of thiophene rings is 1. The zero-order valence-electron chi connectivity index (χ0n) is 22.2. The minimum absolute atomic E-state index is 0.156. The first-order chi connectivity index (χ1) is 18.3. The van der Waals surface area contributed by atoms with E-state index < -0.39 is 17.9 Å². The fourth-order valence-corrected chi connectivity index (χ4v) is 6.48. The first-order valence-electron chi connectivity index (χ1n) is 12.2. The maximum Gasteiger partial charge on any atom is 0.573 e. The number of rotatable bonds is 6. The molecule has 0 radical (unpaired) electrons. The van der Waals surface area contributed by atoms with Crippen molar-refractivity contribution in [1.29, 1.82) is 0 Å². The number of alkyl halides is 3. The van der Waals surface area contributed by atoms with Crippen LogP contribution in [0.3, 0.4) is 0 Å². The minimum Gasteiger partial charge on any atom is -0.481 e. The third kappa shape index (κ3) is 7.12. The van der Waals surface area contributed by atoms with Gasteiger partial charge in [-0.1, -0.05) is 24.0 Å². The van der Waals surface area contributed by atoms with Crippen molar-refractivity contribution >= 4 is 26.5 Å². The largest absolute Gasteiger partial charge is 0.573 e. The van der Waals surface area contributed by atoms with Crippen LogP contribution >= 0.6 is 10.5 Å². The molecule has 1 heterocycles. The second-order valence-electron chi connectivity index (χ2n) is 9.62. The Morgan fingerprint density at radius 1 is 0.923 bits per heavy atom. The molecule has 1 unspecified atom stereocenters. The van der Waals surface area contributed by atoms with Gasteiger partial charge in [0.25, 0.3) is 0 Å². The maximum absolute atomic E-state index is 12.5. The number of esters is 1. The molecule has 4 nitrogen and oxygen atoms in total. The van der Waals surface area contributed by atoms with E-state index in [2.05, 4.69) is 65.3 Å². The van der Waals surface area contributed by atoms with Crippen LogP contribution in [0.25, 0.3) is 15.0 Å². The highest BCUT2D eigenvalue weighted by atomic mass is 32.2. The van der Waals surface area contributed by atoms with E-state index in [0.29, 0.717) is 11.3 Å². The topological polar surface area (TPSA) is 44.8 Å². The zero-order chi connectivity index (χ0) is 28.4. The smallest absolute Gasteiger partial charge is 0.481 e. The Morgan fingerprint density at radius 3 is 2.21 bits per heavy atom. The molecule has 8 heteroatoms. The summed E-state index contributed by atoms with van der Waals surface area (Å²) < 4.78 is 53.5. The average Bonchev–Trinajstić information content (AvgIpc) is 3.18. The summed E-state index contributed by atoms with van der Waals surface area (Å²) in [6.45, 7) is 9.01. The molecule has 1 aromatic heterocycles. The Labute approximate surface area is 228 Å². The van der Waals surface area contributed by atoms with Crippen LogP contribution in [0, 0.1) is 32.6 Å². The fraction of sp³-hybridized carbons (Fsp3) is 0.258. The molecular weight excluding hydrogens is 525 g/mol. The monoisotopic (exact) mass is 553 g/mol. The number of carbonyl (C=O) groups is 1. The number of hydrogen-bond acceptors (Lipinski definition) is 4. The lowest BCUT2D eigenvalue weighted by Crippen LogP contribution is -2.29. The molecule has 0 saturated heterocycles. The SMILES string of the molecule is Cc1cc(-[s+]2cc(C)c3ccccc32)cc(C)c1OCC(=O)OC(C)(C)C#Cc1ccc(OC(F)(F)F)cc1. The maximum atomic E-state index is 12.5. The van der Waals surface area contributed by atoms with E-state index in [1.54, 1.807) is 13.8 Å². The number of ether oxygens (including phenoxy) is 3. The molecule has 0 bridgehead atoms. The molecule has 0 saturated carbocycles. The third-order valence-electron chi connectivity index (χ3n) is 5.83. The van der Waals surface area contributed by atoms with Crippen molar-refractivity contribution in [3.63, 3.8) is 0 Å². The van der Waals surface area contributed by atoms with Crippen molar-refractivity contribution in [1.82, 2.24) is 0 Å². The summed E-state index contributed by atoms with van der Waals surface area (Å²) >= 11 is 0. The Balaban J connectivity index is 1.40. The van der Waals surface area contributed by atoms with Gasteiger partial charge in [0.2, 0.25) is 0 Å². The summed E-state index contributed by atoms with van der Waals surface area (Å²) in [5.74, 6) is 5.35. The van der Waals surface area contributed by atoms with Gasteiger partial charge in [0, 0.05) is 39.1 Å². The van der Waals surface area contributed by atoms with Gasteiger partial charge < -0.3 is 14.2 Å². The van der Waals surface area contributed by atoms with Crippen molar-refractivity contribution in [2.45, 2.75) is 46.6 Å². The van der Waals surface area contributed by atoms with Gasteiger partial charge in [0.15, 0.2) is 21.8 Å². The molecule has 0 spiro atoms. The van der Waals surface area contributed by atoms with E-state index in [4.69, 9.17) is 9.47 Å². The zero-order valence-corrected chi connectivity index (χ0v) is 23.0. The number of benzene rings is 3. The highest BCUT2D eigenvalue weighted by molar-refractivity contribution is 7.43. The van der Waals surface area contributed by atoms with Gasteiger partial charge in [-0.05, 0) is 82.1 Å². The summed E-state index contributed by atoms with van der Waals surface area (Å²) in [6.07, 6.45) is -4.76. The first kappa shape index (κ1) is 28.1. The van der Waals surface area contributed by atoms with Gasteiger partial charge in [-0.25, -0.2) is 4.79 Å². The van der Waals surface area contributed by atoms with Crippen molar-refractivity contribution in [3.05, 3.63) is 88.3 Å². The summed E-state index contributed by atoms with van der Waals surface area (Å²) in [5, 5.41) is 3.57. The number of halogens is 3. The van der Waals surface area contributed by atoms with E-state index in [1.165, 1.54) is 44.8 Å². The Kier molecular flexibility index (Phi) is 7.94. The second kappa shape index (κ2) is 11.0. The number of aryl methyl sites for hydroxylation is 3. The predicted octanol–water partition coefficient (Wildman–Crippen LogP) is 8.15. The third-order valence-corrected chi connectivity index (χ3v) is 7.99. The summed E-state index contributed by atoms with van der Waals surface area (Å²) in [7, 11) is -0.156. The van der Waals surface area contributed by atoms with Crippen LogP contribution in [-0.2, 0) is 9.53 Å². The molecular formula is C31H28F3O4S+. The summed E-state index contributed by atoms with van der Waals surface area (Å²) in [4.78, 5) is 13.7. The highest BCUT2D eigenvalue weighted by Crippen LogP contribution is 2.44. The lowest BCUT2D eigenvalue weighted by atomic mass is 10.1. The van der Waals surface area contributed by atoms with E-state index in [-0.39, 0.29) is 22.8 Å². The Bertz CT molecular complexity index is 1550. The van der Waals surface area contributed by atoms with Gasteiger partial charge in [-0.3, -0.25) is 0 Å². The van der Waals surface area contributed by atoms with Crippen LogP contribution in [0.5, 0.6) is 11.5 Å². The van der Waals surface area contributed by atoms with Crippen molar-refractivity contribution in [2.24, 2.45) is 0 Å². The Hall–Kier alpha value is -3.96. The van der Waals surface area contributed by atoms with Gasteiger partial charge in [-0.2, -0.15) is 0 Å². The molecule has 202 valence electrons. The molecule has 0 fully saturated rings. The van der Waals surface area contributed by atoms with Gasteiger partial charge >= 0.3 is 12.3 Å². The molecule has 39 heavy (non-hydrogen) atoms. The lowest BCUT2D eigenvalue weighted by Gasteiger charge is -2.19. The van der Waals surface area contributed by atoms with Crippen LogP contribution < -0.4 is 9.47 Å². The van der Waals surface area contributed by atoms with Crippen molar-refractivity contribution < 1.29 is 32.2 Å². The molecule has 0 amide bonds. The van der Waals surface area contributed by atoms with Crippen LogP contribution in [0.1, 0.15) is 36.1 Å². The second-order valence-corrected chi connectivity index (χ2v) is 11.4. The van der Waals surface area contributed by atoms with Crippen LogP contribution in [0.4, 0.5) is 13.2 Å². The fourth-order valence-electron chi connectivity index (χ4n) is 4.18. The number of hydrogen-bond donors (Lipinski definition) is 0. The summed E-state index contributed by atoms with van der Waals surface area (Å²) in [6, 6.07) is 17.8. The normalized spacial score (nSPS) is 12.1. The molecule has 4 rings (SSSR count). The Morgan fingerprint density at radius 2 is 1.56 bits per heavy atom. The molecule has 0 aliphatic heterocycles. The number of fused-ring (bicyclic) bond motifs is 1. The standard InChI is InChI=1S/C31H28F3O4S/c1-20-16-25(39-19-22(3)26-8-6-7-9-27(26)39)17-21(2)29(20)36-18-28(35)38-30(4,5)15-14-23-10-12-24(13-11-23)37-31(32,33)34/h6-13,16-17,19H,18H2,1-5H3/q+1. The predicted molar refractivity (Wildman–Crippen MR) is 148 cm³/mol. The van der Waals surface area contributed by atoms with E-state index >= 15 is 0 Å². The molecule has 1 atom stereocenters. The van der Waals surface area contributed by atoms with Gasteiger partial charge in [0.05, 0.1) is 0 Å². The van der Waals surface area contributed by atoms with Crippen molar-refractivity contribution in [2.75, 3.05) is 6.61 Å². The van der Waals surface area contributed by atoms with Crippen LogP contribution in [-0.4, -0.2) is 24.5 Å². The molecule has 4 aromatic rings. The van der Waals surface area contributed by atoms with Crippen molar-refractivity contribution in [3.8, 4) is 28.2 Å². The van der Waals surface area contributed by atoms with E-state index in [1.807, 2.05) is 13.8 Å². The average molecular weight is 554 g/mol. The van der Waals surface area contributed by atoms with Crippen LogP contribution in [0.15, 0.2) is 66.0 Å². The molecule has 0 aliphatic carbocycles.